The summed E-state index contributed by atoms with van der Waals surface area (Å²) < 4.78 is 3.11. The van der Waals surface area contributed by atoms with Crippen LogP contribution in [-0.4, -0.2) is 20.7 Å². The number of nitrogens with one attached hydrogen (secondary N) is 1. The predicted molar refractivity (Wildman–Crippen MR) is 96.3 cm³/mol. The van der Waals surface area contributed by atoms with Gasteiger partial charge in [-0.05, 0) is 37.8 Å². The van der Waals surface area contributed by atoms with E-state index < -0.39 is 0 Å². The number of nitrogens with zero attached hydrogens (tertiary/aromatic N) is 3. The second kappa shape index (κ2) is 6.36. The zero-order valence-corrected chi connectivity index (χ0v) is 14.5. The average Bonchev–Trinajstić information content (AvgIpc) is 3.20. The first-order chi connectivity index (χ1) is 11.7. The first-order valence-electron chi connectivity index (χ1n) is 8.36. The number of carbonyl (C=O) groups excluding carboxylic acids is 1. The second-order valence-electron chi connectivity index (χ2n) is 6.43. The zero-order chi connectivity index (χ0) is 16.5. The van der Waals surface area contributed by atoms with E-state index in [0.717, 1.165) is 34.4 Å². The zero-order valence-electron chi connectivity index (χ0n) is 13.7. The Balaban J connectivity index is 1.39. The van der Waals surface area contributed by atoms with Gasteiger partial charge < -0.3 is 5.32 Å². The van der Waals surface area contributed by atoms with E-state index in [4.69, 9.17) is 0 Å². The molecular formula is C18H20N4OS. The van der Waals surface area contributed by atoms with Crippen LogP contribution in [-0.2, 0) is 17.8 Å². The summed E-state index contributed by atoms with van der Waals surface area (Å²) >= 11 is 1.66. The maximum Gasteiger partial charge on any atom is 0.225 e. The van der Waals surface area contributed by atoms with Crippen molar-refractivity contribution in [1.82, 2.24) is 14.8 Å². The van der Waals surface area contributed by atoms with E-state index in [1.165, 1.54) is 17.5 Å². The third kappa shape index (κ3) is 3.33. The largest absolute Gasteiger partial charge is 0.311 e. The number of aryl methyl sites for hydroxylation is 2. The molecule has 1 amide bonds. The molecule has 1 saturated carbocycles. The molecule has 1 aliphatic carbocycles. The van der Waals surface area contributed by atoms with Gasteiger partial charge in [0.1, 0.15) is 5.82 Å². The van der Waals surface area contributed by atoms with E-state index in [-0.39, 0.29) is 5.91 Å². The SMILES string of the molecule is Cc1cnn(CC2CC2)c1NC(=O)CCc1nc2ccccc2s1. The third-order valence-corrected chi connectivity index (χ3v) is 5.41. The highest BCUT2D eigenvalue weighted by Gasteiger charge is 2.24. The molecule has 5 nitrogen and oxygen atoms in total. The van der Waals surface area contributed by atoms with Crippen molar-refractivity contribution in [1.29, 1.82) is 0 Å². The summed E-state index contributed by atoms with van der Waals surface area (Å²) in [5.41, 5.74) is 2.03. The van der Waals surface area contributed by atoms with Gasteiger partial charge in [-0.15, -0.1) is 11.3 Å². The van der Waals surface area contributed by atoms with Crippen LogP contribution in [0.2, 0.25) is 0 Å². The summed E-state index contributed by atoms with van der Waals surface area (Å²) in [6, 6.07) is 8.08. The normalized spacial score (nSPS) is 14.2. The molecule has 0 bridgehead atoms. The van der Waals surface area contributed by atoms with Crippen LogP contribution in [0, 0.1) is 12.8 Å². The minimum atomic E-state index is 0.0231. The number of carbonyl (C=O) groups is 1. The highest BCUT2D eigenvalue weighted by molar-refractivity contribution is 7.18. The van der Waals surface area contributed by atoms with Crippen LogP contribution in [0.25, 0.3) is 10.2 Å². The molecule has 0 radical (unpaired) electrons. The lowest BCUT2D eigenvalue weighted by atomic mass is 10.3. The van der Waals surface area contributed by atoms with Gasteiger partial charge in [0.05, 0.1) is 21.4 Å². The Kier molecular flexibility index (Phi) is 4.06. The molecule has 0 atom stereocenters. The number of amides is 1. The Bertz CT molecular complexity index is 845. The average molecular weight is 340 g/mol. The van der Waals surface area contributed by atoms with E-state index in [0.29, 0.717) is 12.8 Å². The van der Waals surface area contributed by atoms with E-state index in [2.05, 4.69) is 21.5 Å². The standard InChI is InChI=1S/C18H20N4OS/c1-12-10-19-22(11-13-6-7-13)18(12)21-16(23)8-9-17-20-14-4-2-3-5-15(14)24-17/h2-5,10,13H,6-9,11H2,1H3,(H,21,23). The van der Waals surface area contributed by atoms with Crippen molar-refractivity contribution in [3.05, 3.63) is 41.0 Å². The Morgan fingerprint density at radius 1 is 1.38 bits per heavy atom. The Labute approximate surface area is 144 Å². The van der Waals surface area contributed by atoms with Gasteiger partial charge in [-0.2, -0.15) is 5.10 Å². The molecule has 124 valence electrons. The second-order valence-corrected chi connectivity index (χ2v) is 7.54. The van der Waals surface area contributed by atoms with E-state index in [1.54, 1.807) is 11.3 Å². The molecule has 1 fully saturated rings. The lowest BCUT2D eigenvalue weighted by Gasteiger charge is -2.09. The molecule has 24 heavy (non-hydrogen) atoms. The van der Waals surface area contributed by atoms with Crippen LogP contribution in [0.15, 0.2) is 30.5 Å². The van der Waals surface area contributed by atoms with E-state index in [1.807, 2.05) is 36.0 Å². The summed E-state index contributed by atoms with van der Waals surface area (Å²) in [5, 5.41) is 8.43. The molecule has 0 aliphatic heterocycles. The first kappa shape index (κ1) is 15.3. The van der Waals surface area contributed by atoms with Crippen molar-refractivity contribution >= 4 is 33.3 Å². The summed E-state index contributed by atoms with van der Waals surface area (Å²) in [7, 11) is 0. The molecule has 0 spiro atoms. The van der Waals surface area contributed by atoms with Gasteiger partial charge in [-0.25, -0.2) is 9.67 Å². The molecule has 4 rings (SSSR count). The van der Waals surface area contributed by atoms with Crippen molar-refractivity contribution in [3.8, 4) is 0 Å². The monoisotopic (exact) mass is 340 g/mol. The first-order valence-corrected chi connectivity index (χ1v) is 9.17. The highest BCUT2D eigenvalue weighted by Crippen LogP contribution is 2.32. The Morgan fingerprint density at radius 3 is 3.00 bits per heavy atom. The lowest BCUT2D eigenvalue weighted by Crippen LogP contribution is -2.17. The summed E-state index contributed by atoms with van der Waals surface area (Å²) in [6.07, 6.45) is 5.47. The number of rotatable bonds is 6. The van der Waals surface area contributed by atoms with Gasteiger partial charge in [0.15, 0.2) is 0 Å². The molecule has 1 N–H and O–H groups in total. The number of para-hydroxylation sites is 1. The minimum absolute atomic E-state index is 0.0231. The van der Waals surface area contributed by atoms with Crippen molar-refractivity contribution in [3.63, 3.8) is 0 Å². The molecule has 2 aromatic heterocycles. The van der Waals surface area contributed by atoms with Crippen molar-refractivity contribution in [2.45, 2.75) is 39.2 Å². The summed E-state index contributed by atoms with van der Waals surface area (Å²) in [6.45, 7) is 2.89. The number of benzene rings is 1. The van der Waals surface area contributed by atoms with Crippen LogP contribution < -0.4 is 5.32 Å². The van der Waals surface area contributed by atoms with Gasteiger partial charge in [-0.1, -0.05) is 12.1 Å². The maximum absolute atomic E-state index is 12.3. The van der Waals surface area contributed by atoms with E-state index in [9.17, 15) is 4.79 Å². The number of thiazole rings is 1. The number of anilines is 1. The lowest BCUT2D eigenvalue weighted by molar-refractivity contribution is -0.116. The van der Waals surface area contributed by atoms with Gasteiger partial charge in [0.25, 0.3) is 0 Å². The van der Waals surface area contributed by atoms with Crippen LogP contribution in [0.4, 0.5) is 5.82 Å². The molecular weight excluding hydrogens is 320 g/mol. The number of hydrogen-bond donors (Lipinski definition) is 1. The fourth-order valence-electron chi connectivity index (χ4n) is 2.77. The van der Waals surface area contributed by atoms with Crippen LogP contribution in [0.5, 0.6) is 0 Å². The number of fused-ring (bicyclic) bond motifs is 1. The molecule has 3 aromatic rings. The van der Waals surface area contributed by atoms with Gasteiger partial charge in [0.2, 0.25) is 5.91 Å². The fraction of sp³-hybridized carbons (Fsp3) is 0.389. The molecule has 6 heteroatoms. The summed E-state index contributed by atoms with van der Waals surface area (Å²) in [5.74, 6) is 1.59. The number of aromatic nitrogens is 3. The van der Waals surface area contributed by atoms with Gasteiger partial charge in [-0.3, -0.25) is 4.79 Å². The fourth-order valence-corrected chi connectivity index (χ4v) is 3.73. The van der Waals surface area contributed by atoms with E-state index >= 15 is 0 Å². The van der Waals surface area contributed by atoms with Crippen molar-refractivity contribution < 1.29 is 4.79 Å². The van der Waals surface area contributed by atoms with Crippen molar-refractivity contribution in [2.24, 2.45) is 5.92 Å². The molecule has 0 unspecified atom stereocenters. The molecule has 2 heterocycles. The molecule has 1 aromatic carbocycles. The molecule has 1 aliphatic rings. The molecule has 0 saturated heterocycles. The Morgan fingerprint density at radius 2 is 2.21 bits per heavy atom. The Hall–Kier alpha value is -2.21. The van der Waals surface area contributed by atoms with Gasteiger partial charge >= 0.3 is 0 Å². The smallest absolute Gasteiger partial charge is 0.225 e. The third-order valence-electron chi connectivity index (χ3n) is 4.31. The quantitative estimate of drug-likeness (QED) is 0.743. The summed E-state index contributed by atoms with van der Waals surface area (Å²) in [4.78, 5) is 16.9. The topological polar surface area (TPSA) is 59.8 Å². The number of hydrogen-bond acceptors (Lipinski definition) is 4. The van der Waals surface area contributed by atoms with Crippen LogP contribution >= 0.6 is 11.3 Å². The predicted octanol–water partition coefficient (Wildman–Crippen LogP) is 3.78. The van der Waals surface area contributed by atoms with Crippen LogP contribution in [0.3, 0.4) is 0 Å². The van der Waals surface area contributed by atoms with Crippen LogP contribution in [0.1, 0.15) is 29.8 Å². The van der Waals surface area contributed by atoms with Crippen molar-refractivity contribution in [2.75, 3.05) is 5.32 Å². The highest BCUT2D eigenvalue weighted by atomic mass is 32.1. The maximum atomic E-state index is 12.3. The minimum Gasteiger partial charge on any atom is -0.311 e. The van der Waals surface area contributed by atoms with Gasteiger partial charge in [0, 0.05) is 24.9 Å².